The fourth-order valence-corrected chi connectivity index (χ4v) is 5.10. The van der Waals surface area contributed by atoms with Gasteiger partial charge in [-0.3, -0.25) is 9.69 Å². The molecule has 8 heteroatoms. The van der Waals surface area contributed by atoms with Crippen LogP contribution in [0.3, 0.4) is 0 Å². The monoisotopic (exact) mass is 538 g/mol. The average Bonchev–Trinajstić information content (AvgIpc) is 3.20. The zero-order valence-corrected chi connectivity index (χ0v) is 22.3. The molecule has 1 aliphatic rings. The number of ether oxygens (including phenoxy) is 2. The minimum Gasteiger partial charge on any atom is -0.490 e. The van der Waals surface area contributed by atoms with Gasteiger partial charge in [-0.15, -0.1) is 0 Å². The van der Waals surface area contributed by atoms with Gasteiger partial charge < -0.3 is 14.6 Å². The molecule has 1 N–H and O–H groups in total. The number of amidine groups is 1. The third-order valence-corrected chi connectivity index (χ3v) is 7.16. The highest BCUT2D eigenvalue weighted by molar-refractivity contribution is 8.18. The van der Waals surface area contributed by atoms with Crippen LogP contribution >= 0.6 is 11.8 Å². The first-order valence-corrected chi connectivity index (χ1v) is 13.2. The maximum atomic E-state index is 12.9. The molecule has 0 unspecified atom stereocenters. The molecule has 1 saturated heterocycles. The summed E-state index contributed by atoms with van der Waals surface area (Å²) in [5, 5.41) is 12.0. The van der Waals surface area contributed by atoms with Crippen LogP contribution in [-0.4, -0.2) is 40.7 Å². The fraction of sp³-hybridized carbons (Fsp3) is 0.129. The molecule has 0 spiro atoms. The summed E-state index contributed by atoms with van der Waals surface area (Å²) in [6.07, 6.45) is 1.79. The van der Waals surface area contributed by atoms with E-state index in [1.54, 1.807) is 25.3 Å². The third-order valence-electron chi connectivity index (χ3n) is 6.10. The predicted octanol–water partition coefficient (Wildman–Crippen LogP) is 6.75. The zero-order valence-electron chi connectivity index (χ0n) is 21.5. The van der Waals surface area contributed by atoms with Crippen LogP contribution in [0.2, 0.25) is 0 Å². The smallest absolute Gasteiger partial charge is 0.335 e. The first-order chi connectivity index (χ1) is 18.9. The molecule has 1 fully saturated rings. The Hall–Kier alpha value is -4.56. The number of carbonyl (C=O) groups excluding carboxylic acids is 1. The molecule has 0 saturated carbocycles. The summed E-state index contributed by atoms with van der Waals surface area (Å²) in [7, 11) is 1.64. The lowest BCUT2D eigenvalue weighted by atomic mass is 10.1. The van der Waals surface area contributed by atoms with Crippen molar-refractivity contribution < 1.29 is 24.2 Å². The van der Waals surface area contributed by atoms with Gasteiger partial charge in [-0.2, -0.15) is 0 Å². The lowest BCUT2D eigenvalue weighted by Gasteiger charge is -2.13. The molecule has 0 atom stereocenters. The number of amides is 1. The SMILES string of the molecule is CCOc1cc(/C=C2\SC(=Nc3cccc(C(=O)O)c3)N(C)C2=O)ccc1OCc1ccc2ccccc2c1. The van der Waals surface area contributed by atoms with Crippen molar-refractivity contribution in [2.75, 3.05) is 13.7 Å². The number of fused-ring (bicyclic) bond motifs is 1. The summed E-state index contributed by atoms with van der Waals surface area (Å²) in [6, 6.07) is 26.3. The van der Waals surface area contributed by atoms with Crippen molar-refractivity contribution in [3.63, 3.8) is 0 Å². The summed E-state index contributed by atoms with van der Waals surface area (Å²) in [5.41, 5.74) is 2.44. The van der Waals surface area contributed by atoms with E-state index in [2.05, 4.69) is 35.3 Å². The zero-order chi connectivity index (χ0) is 27.4. The summed E-state index contributed by atoms with van der Waals surface area (Å²) >= 11 is 1.23. The lowest BCUT2D eigenvalue weighted by Crippen LogP contribution is -2.23. The van der Waals surface area contributed by atoms with Gasteiger partial charge in [0.2, 0.25) is 0 Å². The Balaban J connectivity index is 1.35. The molecule has 1 heterocycles. The molecule has 39 heavy (non-hydrogen) atoms. The molecule has 0 bridgehead atoms. The van der Waals surface area contributed by atoms with Gasteiger partial charge in [-0.25, -0.2) is 9.79 Å². The van der Waals surface area contributed by atoms with Crippen molar-refractivity contribution in [3.05, 3.63) is 107 Å². The summed E-state index contributed by atoms with van der Waals surface area (Å²) in [4.78, 5) is 30.6. The number of likely N-dealkylation sites (N-methyl/N-ethyl adjacent to an activating group) is 1. The van der Waals surface area contributed by atoms with E-state index in [1.807, 2.05) is 37.3 Å². The molecular formula is C31H26N2O5S. The summed E-state index contributed by atoms with van der Waals surface area (Å²) in [5.74, 6) is -0.00952. The van der Waals surface area contributed by atoms with Crippen molar-refractivity contribution in [1.29, 1.82) is 0 Å². The number of benzene rings is 4. The Kier molecular flexibility index (Phi) is 7.65. The quantitative estimate of drug-likeness (QED) is 0.250. The second-order valence-corrected chi connectivity index (χ2v) is 9.84. The van der Waals surface area contributed by atoms with Crippen molar-refractivity contribution in [2.24, 2.45) is 4.99 Å². The van der Waals surface area contributed by atoms with E-state index in [4.69, 9.17) is 9.47 Å². The highest BCUT2D eigenvalue weighted by atomic mass is 32.2. The third kappa shape index (κ3) is 5.97. The number of thioether (sulfide) groups is 1. The minimum absolute atomic E-state index is 0.135. The molecule has 1 amide bonds. The number of hydrogen-bond acceptors (Lipinski definition) is 6. The number of nitrogens with zero attached hydrogens (tertiary/aromatic N) is 2. The molecule has 1 aliphatic heterocycles. The van der Waals surface area contributed by atoms with Gasteiger partial charge in [0, 0.05) is 7.05 Å². The lowest BCUT2D eigenvalue weighted by molar-refractivity contribution is -0.121. The van der Waals surface area contributed by atoms with Gasteiger partial charge in [-0.1, -0.05) is 48.5 Å². The molecular weight excluding hydrogens is 512 g/mol. The van der Waals surface area contributed by atoms with Crippen molar-refractivity contribution >= 4 is 51.3 Å². The number of aliphatic imine (C=N–C) groups is 1. The topological polar surface area (TPSA) is 88.4 Å². The van der Waals surface area contributed by atoms with E-state index < -0.39 is 5.97 Å². The second kappa shape index (κ2) is 11.4. The molecule has 4 aromatic rings. The van der Waals surface area contributed by atoms with Crippen LogP contribution in [0.5, 0.6) is 11.5 Å². The van der Waals surface area contributed by atoms with E-state index in [0.717, 1.165) is 16.5 Å². The van der Waals surface area contributed by atoms with Crippen molar-refractivity contribution in [1.82, 2.24) is 4.90 Å². The molecule has 7 nitrogen and oxygen atoms in total. The maximum absolute atomic E-state index is 12.9. The number of carbonyl (C=O) groups is 2. The van der Waals surface area contributed by atoms with Crippen LogP contribution in [-0.2, 0) is 11.4 Å². The molecule has 4 aromatic carbocycles. The maximum Gasteiger partial charge on any atom is 0.335 e. The highest BCUT2D eigenvalue weighted by Crippen LogP contribution is 2.35. The molecule has 0 aromatic heterocycles. The van der Waals surface area contributed by atoms with E-state index in [9.17, 15) is 14.7 Å². The van der Waals surface area contributed by atoms with Crippen LogP contribution in [0.25, 0.3) is 16.8 Å². The number of carboxylic acids is 1. The first-order valence-electron chi connectivity index (χ1n) is 12.4. The standard InChI is InChI=1S/C31H26N2O5S/c1-3-37-27-16-20(12-14-26(27)38-19-21-11-13-22-7-4-5-8-23(22)15-21)17-28-29(34)33(2)31(39-28)32-25-10-6-9-24(18-25)30(35)36/h4-18H,3,19H2,1-2H3,(H,35,36)/b28-17-,32-31?. The number of carboxylic acid groups (broad SMARTS) is 1. The van der Waals surface area contributed by atoms with Gasteiger partial charge in [0.15, 0.2) is 16.7 Å². The normalized spacial score (nSPS) is 15.3. The highest BCUT2D eigenvalue weighted by Gasteiger charge is 2.30. The van der Waals surface area contributed by atoms with Gasteiger partial charge >= 0.3 is 5.97 Å². The minimum atomic E-state index is -1.03. The van der Waals surface area contributed by atoms with E-state index in [0.29, 0.717) is 40.5 Å². The Labute approximate surface area is 230 Å². The van der Waals surface area contributed by atoms with Crippen LogP contribution in [0.1, 0.15) is 28.4 Å². The number of rotatable bonds is 8. The Morgan fingerprint density at radius 3 is 2.56 bits per heavy atom. The number of aromatic carboxylic acids is 1. The van der Waals surface area contributed by atoms with Crippen LogP contribution < -0.4 is 9.47 Å². The van der Waals surface area contributed by atoms with Crippen LogP contribution in [0, 0.1) is 0 Å². The molecule has 196 valence electrons. The fourth-order valence-electron chi connectivity index (χ4n) is 4.11. The summed E-state index contributed by atoms with van der Waals surface area (Å²) in [6.45, 7) is 2.77. The second-order valence-electron chi connectivity index (χ2n) is 8.83. The first kappa shape index (κ1) is 26.1. The van der Waals surface area contributed by atoms with Gasteiger partial charge in [0.05, 0.1) is 22.8 Å². The summed E-state index contributed by atoms with van der Waals surface area (Å²) < 4.78 is 12.0. The number of hydrogen-bond donors (Lipinski definition) is 1. The van der Waals surface area contributed by atoms with Crippen LogP contribution in [0.4, 0.5) is 5.69 Å². The average molecular weight is 539 g/mol. The van der Waals surface area contributed by atoms with E-state index in [-0.39, 0.29) is 11.5 Å². The molecule has 0 radical (unpaired) electrons. The Morgan fingerprint density at radius 2 is 1.77 bits per heavy atom. The van der Waals surface area contributed by atoms with Gasteiger partial charge in [0.25, 0.3) is 5.91 Å². The molecule has 0 aliphatic carbocycles. The van der Waals surface area contributed by atoms with Gasteiger partial charge in [-0.05, 0) is 83.1 Å². The Bertz CT molecular complexity index is 1630. The van der Waals surface area contributed by atoms with E-state index >= 15 is 0 Å². The van der Waals surface area contributed by atoms with Crippen LogP contribution in [0.15, 0.2) is 94.8 Å². The predicted molar refractivity (Wildman–Crippen MR) is 155 cm³/mol. The van der Waals surface area contributed by atoms with E-state index in [1.165, 1.54) is 34.2 Å². The van der Waals surface area contributed by atoms with Gasteiger partial charge in [0.1, 0.15) is 6.61 Å². The van der Waals surface area contributed by atoms with Crippen molar-refractivity contribution in [2.45, 2.75) is 13.5 Å². The molecule has 5 rings (SSSR count). The largest absolute Gasteiger partial charge is 0.490 e. The Morgan fingerprint density at radius 1 is 0.949 bits per heavy atom. The van der Waals surface area contributed by atoms with Crippen molar-refractivity contribution in [3.8, 4) is 11.5 Å².